The van der Waals surface area contributed by atoms with Crippen molar-refractivity contribution in [3.05, 3.63) is 52.8 Å². The van der Waals surface area contributed by atoms with Crippen molar-refractivity contribution >= 4 is 46.2 Å². The van der Waals surface area contributed by atoms with Crippen LogP contribution in [0.5, 0.6) is 11.5 Å². The number of phenolic OH excluding ortho intramolecular Hbond substituents is 2. The molecule has 1 aliphatic heterocycles. The third-order valence-electron chi connectivity index (χ3n) is 4.16. The van der Waals surface area contributed by atoms with Crippen LogP contribution in [0.15, 0.2) is 45.9 Å². The number of nitrogens with zero attached hydrogens (tertiary/aromatic N) is 1. The summed E-state index contributed by atoms with van der Waals surface area (Å²) in [5, 5.41) is 21.6. The van der Waals surface area contributed by atoms with Crippen LogP contribution >= 0.6 is 24.0 Å². The predicted octanol–water partition coefficient (Wildman–Crippen LogP) is 2.64. The Morgan fingerprint density at radius 1 is 1.36 bits per heavy atom. The minimum atomic E-state index is -0.761. The molecule has 3 rings (SSSR count). The number of furan rings is 1. The first-order valence-corrected chi connectivity index (χ1v) is 9.68. The lowest BCUT2D eigenvalue weighted by molar-refractivity contribution is -0.132. The molecule has 1 aromatic heterocycles. The summed E-state index contributed by atoms with van der Waals surface area (Å²) in [6, 6.07) is 7.17. The van der Waals surface area contributed by atoms with E-state index in [1.165, 1.54) is 23.3 Å². The van der Waals surface area contributed by atoms with Crippen molar-refractivity contribution < 1.29 is 24.2 Å². The molecule has 1 aromatic carbocycles. The first-order chi connectivity index (χ1) is 13.4. The highest BCUT2D eigenvalue weighted by molar-refractivity contribution is 8.26. The van der Waals surface area contributed by atoms with Crippen LogP contribution in [0.1, 0.15) is 18.2 Å². The summed E-state index contributed by atoms with van der Waals surface area (Å²) in [5.74, 6) is -0.540. The molecule has 28 heavy (non-hydrogen) atoms. The first kappa shape index (κ1) is 20.0. The average molecular weight is 418 g/mol. The number of benzene rings is 1. The van der Waals surface area contributed by atoms with E-state index in [1.807, 2.05) is 0 Å². The zero-order valence-corrected chi connectivity index (χ0v) is 16.5. The summed E-state index contributed by atoms with van der Waals surface area (Å²) in [5.41, 5.74) is 0.759. The van der Waals surface area contributed by atoms with E-state index < -0.39 is 6.04 Å². The van der Waals surface area contributed by atoms with Gasteiger partial charge in [0.15, 0.2) is 11.5 Å². The molecule has 7 nitrogen and oxygen atoms in total. The third-order valence-corrected chi connectivity index (χ3v) is 5.49. The lowest BCUT2D eigenvalue weighted by Crippen LogP contribution is -2.47. The van der Waals surface area contributed by atoms with Crippen LogP contribution in [0, 0.1) is 0 Å². The summed E-state index contributed by atoms with van der Waals surface area (Å²) in [4.78, 5) is 26.8. The number of phenols is 2. The van der Waals surface area contributed by atoms with Gasteiger partial charge in [0.2, 0.25) is 5.91 Å². The molecule has 1 saturated heterocycles. The van der Waals surface area contributed by atoms with Crippen molar-refractivity contribution in [2.75, 3.05) is 6.54 Å². The number of hydrogen-bond acceptors (Lipinski definition) is 7. The molecule has 3 N–H and O–H groups in total. The lowest BCUT2D eigenvalue weighted by Gasteiger charge is -2.22. The van der Waals surface area contributed by atoms with Crippen LogP contribution in [0.3, 0.4) is 0 Å². The number of carbonyl (C=O) groups excluding carboxylic acids is 2. The highest BCUT2D eigenvalue weighted by Crippen LogP contribution is 2.34. The molecule has 2 amide bonds. The van der Waals surface area contributed by atoms with Crippen LogP contribution < -0.4 is 5.32 Å². The van der Waals surface area contributed by atoms with E-state index in [-0.39, 0.29) is 23.3 Å². The summed E-state index contributed by atoms with van der Waals surface area (Å²) in [7, 11) is 0. The molecule has 0 bridgehead atoms. The number of nitrogens with one attached hydrogen (secondary N) is 1. The Morgan fingerprint density at radius 3 is 2.82 bits per heavy atom. The van der Waals surface area contributed by atoms with E-state index in [4.69, 9.17) is 16.6 Å². The van der Waals surface area contributed by atoms with Gasteiger partial charge in [-0.15, -0.1) is 0 Å². The number of rotatable bonds is 6. The molecule has 1 fully saturated rings. The maximum Gasteiger partial charge on any atom is 0.267 e. The van der Waals surface area contributed by atoms with Gasteiger partial charge in [-0.1, -0.05) is 30.0 Å². The second kappa shape index (κ2) is 8.49. The molecular weight excluding hydrogens is 400 g/mol. The Balaban J connectivity index is 1.58. The van der Waals surface area contributed by atoms with E-state index in [0.29, 0.717) is 28.0 Å². The maximum atomic E-state index is 12.6. The fourth-order valence-corrected chi connectivity index (χ4v) is 4.03. The van der Waals surface area contributed by atoms with Crippen LogP contribution in [0.4, 0.5) is 0 Å². The number of hydrogen-bond donors (Lipinski definition) is 3. The summed E-state index contributed by atoms with van der Waals surface area (Å²) >= 11 is 6.39. The van der Waals surface area contributed by atoms with Gasteiger partial charge in [0, 0.05) is 12.6 Å². The van der Waals surface area contributed by atoms with Gasteiger partial charge in [-0.25, -0.2) is 0 Å². The quantitative estimate of drug-likeness (QED) is 0.376. The standard InChI is InChI=1S/C19H18N2O5S2/c1-11(17(24)20-7-6-12-4-5-14(22)15(23)9-12)21-18(25)16(28-19(21)27)10-13-3-2-8-26-13/h2-5,8-11,22-23H,6-7H2,1H3,(H,20,24)/b16-10+/t11-/m0/s1. The molecule has 1 atom stereocenters. The Labute approximate surface area is 171 Å². The summed E-state index contributed by atoms with van der Waals surface area (Å²) in [6.07, 6.45) is 3.57. The van der Waals surface area contributed by atoms with Gasteiger partial charge in [0.05, 0.1) is 11.2 Å². The summed E-state index contributed by atoms with van der Waals surface area (Å²) in [6.45, 7) is 1.92. The van der Waals surface area contributed by atoms with E-state index in [0.717, 1.165) is 17.3 Å². The van der Waals surface area contributed by atoms with Crippen molar-refractivity contribution in [3.63, 3.8) is 0 Å². The van der Waals surface area contributed by atoms with Crippen molar-refractivity contribution in [1.29, 1.82) is 0 Å². The van der Waals surface area contributed by atoms with Crippen LogP contribution in [0.2, 0.25) is 0 Å². The molecule has 0 unspecified atom stereocenters. The Hall–Kier alpha value is -2.78. The van der Waals surface area contributed by atoms with E-state index in [9.17, 15) is 19.8 Å². The highest BCUT2D eigenvalue weighted by Gasteiger charge is 2.38. The number of thioether (sulfide) groups is 1. The van der Waals surface area contributed by atoms with E-state index in [2.05, 4.69) is 5.32 Å². The number of thiocarbonyl (C=S) groups is 1. The fraction of sp³-hybridized carbons (Fsp3) is 0.211. The molecule has 1 aliphatic rings. The Kier molecular flexibility index (Phi) is 6.05. The van der Waals surface area contributed by atoms with E-state index >= 15 is 0 Å². The largest absolute Gasteiger partial charge is 0.504 e. The topological polar surface area (TPSA) is 103 Å². The van der Waals surface area contributed by atoms with Gasteiger partial charge in [-0.05, 0) is 43.2 Å². The number of carbonyl (C=O) groups is 2. The van der Waals surface area contributed by atoms with Gasteiger partial charge in [-0.2, -0.15) is 0 Å². The molecule has 0 saturated carbocycles. The fourth-order valence-electron chi connectivity index (χ4n) is 2.64. The van der Waals surface area contributed by atoms with Crippen LogP contribution in [-0.2, 0) is 16.0 Å². The average Bonchev–Trinajstić information content (AvgIpc) is 3.26. The normalized spacial score (nSPS) is 16.6. The SMILES string of the molecule is C[C@@H](C(=O)NCCc1ccc(O)c(O)c1)N1C(=O)/C(=C\c2ccco2)SC1=S. The molecule has 2 heterocycles. The van der Waals surface area contributed by atoms with Crippen LogP contribution in [0.25, 0.3) is 6.08 Å². The molecule has 0 aliphatic carbocycles. The molecular formula is C19H18N2O5S2. The smallest absolute Gasteiger partial charge is 0.267 e. The van der Waals surface area contributed by atoms with Crippen molar-refractivity contribution in [3.8, 4) is 11.5 Å². The minimum Gasteiger partial charge on any atom is -0.504 e. The van der Waals surface area contributed by atoms with Crippen molar-refractivity contribution in [2.24, 2.45) is 0 Å². The van der Waals surface area contributed by atoms with Crippen molar-refractivity contribution in [2.45, 2.75) is 19.4 Å². The monoisotopic (exact) mass is 418 g/mol. The van der Waals surface area contributed by atoms with Gasteiger partial charge in [0.25, 0.3) is 5.91 Å². The first-order valence-electron chi connectivity index (χ1n) is 8.46. The second-order valence-corrected chi connectivity index (χ2v) is 7.78. The maximum absolute atomic E-state index is 12.6. The molecule has 9 heteroatoms. The van der Waals surface area contributed by atoms with Crippen molar-refractivity contribution in [1.82, 2.24) is 10.2 Å². The molecule has 0 spiro atoms. The van der Waals surface area contributed by atoms with Gasteiger partial charge in [-0.3, -0.25) is 14.5 Å². The summed E-state index contributed by atoms with van der Waals surface area (Å²) < 4.78 is 5.53. The molecule has 0 radical (unpaired) electrons. The highest BCUT2D eigenvalue weighted by atomic mass is 32.2. The zero-order chi connectivity index (χ0) is 20.3. The molecule has 146 valence electrons. The van der Waals surface area contributed by atoms with Gasteiger partial charge in [0.1, 0.15) is 16.1 Å². The second-order valence-electron chi connectivity index (χ2n) is 6.11. The Bertz CT molecular complexity index is 940. The van der Waals surface area contributed by atoms with E-state index in [1.54, 1.807) is 31.2 Å². The zero-order valence-electron chi connectivity index (χ0n) is 14.9. The van der Waals surface area contributed by atoms with Crippen LogP contribution in [-0.4, -0.2) is 43.8 Å². The number of aromatic hydroxyl groups is 2. The molecule has 2 aromatic rings. The minimum absolute atomic E-state index is 0.196. The number of amides is 2. The lowest BCUT2D eigenvalue weighted by atomic mass is 10.1. The van der Waals surface area contributed by atoms with Gasteiger partial charge >= 0.3 is 0 Å². The van der Waals surface area contributed by atoms with Gasteiger partial charge < -0.3 is 19.9 Å². The Morgan fingerprint density at radius 2 is 2.14 bits per heavy atom. The third kappa shape index (κ3) is 4.37. The predicted molar refractivity (Wildman–Crippen MR) is 110 cm³/mol.